The van der Waals surface area contributed by atoms with Crippen molar-refractivity contribution in [3.05, 3.63) is 0 Å². The summed E-state index contributed by atoms with van der Waals surface area (Å²) in [7, 11) is 1.28. The molecule has 1 heterocycles. The van der Waals surface area contributed by atoms with Crippen molar-refractivity contribution >= 4 is 23.6 Å². The van der Waals surface area contributed by atoms with Crippen molar-refractivity contribution in [1.29, 1.82) is 0 Å². The van der Waals surface area contributed by atoms with E-state index in [1.807, 2.05) is 0 Å². The molecule has 11 heavy (non-hydrogen) atoms. The van der Waals surface area contributed by atoms with Gasteiger partial charge in [0.05, 0.1) is 7.11 Å². The summed E-state index contributed by atoms with van der Waals surface area (Å²) in [5, 5.41) is 1.93. The zero-order valence-electron chi connectivity index (χ0n) is 6.12. The van der Waals surface area contributed by atoms with Gasteiger partial charge >= 0.3 is 5.97 Å². The fraction of sp³-hybridized carbons (Fsp3) is 0.667. The summed E-state index contributed by atoms with van der Waals surface area (Å²) in [5.41, 5.74) is 0. The highest BCUT2D eigenvalue weighted by molar-refractivity contribution is 8.01. The first-order valence-electron chi connectivity index (χ1n) is 3.23. The third-order valence-electron chi connectivity index (χ3n) is 1.34. The summed E-state index contributed by atoms with van der Waals surface area (Å²) >= 11 is 1.32. The molecule has 1 atom stereocenters. The standard InChI is InChI=1S/C6H9NO3S/c1-10-6(9)4-5(8)7-2-3-11-4/h4H,2-3H2,1H3,(H,7,8)/t4-/m0/s1. The second-order valence-corrected chi connectivity index (χ2v) is 3.28. The average Bonchev–Trinajstić information content (AvgIpc) is 2.04. The van der Waals surface area contributed by atoms with Crippen LogP contribution in [0.15, 0.2) is 0 Å². The first kappa shape index (κ1) is 8.39. The molecule has 1 rings (SSSR count). The zero-order valence-corrected chi connectivity index (χ0v) is 6.94. The van der Waals surface area contributed by atoms with Crippen LogP contribution in [0.1, 0.15) is 0 Å². The largest absolute Gasteiger partial charge is 0.468 e. The molecule has 0 unspecified atom stereocenters. The molecule has 0 aromatic heterocycles. The molecule has 0 aromatic carbocycles. The van der Waals surface area contributed by atoms with E-state index in [0.29, 0.717) is 6.54 Å². The molecule has 1 fully saturated rings. The molecule has 0 bridgehead atoms. The lowest BCUT2D eigenvalue weighted by molar-refractivity contribution is -0.143. The number of rotatable bonds is 1. The minimum atomic E-state index is -0.659. The Morgan fingerprint density at radius 3 is 3.09 bits per heavy atom. The molecule has 1 aliphatic heterocycles. The van der Waals surface area contributed by atoms with Crippen molar-refractivity contribution in [1.82, 2.24) is 5.32 Å². The van der Waals surface area contributed by atoms with Crippen molar-refractivity contribution in [2.24, 2.45) is 0 Å². The Morgan fingerprint density at radius 2 is 2.55 bits per heavy atom. The number of esters is 1. The van der Waals surface area contributed by atoms with Crippen molar-refractivity contribution in [3.63, 3.8) is 0 Å². The molecule has 1 amide bonds. The smallest absolute Gasteiger partial charge is 0.328 e. The van der Waals surface area contributed by atoms with Gasteiger partial charge in [-0.05, 0) is 0 Å². The Labute approximate surface area is 68.7 Å². The monoisotopic (exact) mass is 175 g/mol. The van der Waals surface area contributed by atoms with Gasteiger partial charge in [-0.15, -0.1) is 11.8 Å². The Hall–Kier alpha value is -0.710. The van der Waals surface area contributed by atoms with Crippen LogP contribution < -0.4 is 5.32 Å². The Bertz CT molecular complexity index is 175. The van der Waals surface area contributed by atoms with Crippen LogP contribution >= 0.6 is 11.8 Å². The van der Waals surface area contributed by atoms with Crippen molar-refractivity contribution < 1.29 is 14.3 Å². The van der Waals surface area contributed by atoms with Gasteiger partial charge in [0.2, 0.25) is 5.91 Å². The number of ether oxygens (including phenoxy) is 1. The molecule has 0 radical (unpaired) electrons. The Morgan fingerprint density at radius 1 is 1.82 bits per heavy atom. The second-order valence-electron chi connectivity index (χ2n) is 2.07. The van der Waals surface area contributed by atoms with E-state index >= 15 is 0 Å². The number of methoxy groups -OCH3 is 1. The number of hydrogen-bond acceptors (Lipinski definition) is 4. The summed E-state index contributed by atoms with van der Waals surface area (Å²) < 4.78 is 4.44. The van der Waals surface area contributed by atoms with Crippen LogP contribution in [0.5, 0.6) is 0 Å². The van der Waals surface area contributed by atoms with Gasteiger partial charge in [0, 0.05) is 12.3 Å². The fourth-order valence-corrected chi connectivity index (χ4v) is 1.72. The van der Waals surface area contributed by atoms with Crippen molar-refractivity contribution in [2.45, 2.75) is 5.25 Å². The van der Waals surface area contributed by atoms with Gasteiger partial charge in [0.1, 0.15) is 0 Å². The molecule has 62 valence electrons. The summed E-state index contributed by atoms with van der Waals surface area (Å²) in [5.74, 6) is 0.0613. The minimum absolute atomic E-state index is 0.242. The van der Waals surface area contributed by atoms with E-state index in [0.717, 1.165) is 5.75 Å². The van der Waals surface area contributed by atoms with Gasteiger partial charge in [-0.1, -0.05) is 0 Å². The Kier molecular flexibility index (Phi) is 2.76. The number of carbonyl (C=O) groups excluding carboxylic acids is 2. The van der Waals surface area contributed by atoms with E-state index < -0.39 is 11.2 Å². The molecule has 0 spiro atoms. The zero-order chi connectivity index (χ0) is 8.27. The lowest BCUT2D eigenvalue weighted by Crippen LogP contribution is -2.43. The fourth-order valence-electron chi connectivity index (χ4n) is 0.802. The van der Waals surface area contributed by atoms with E-state index in [-0.39, 0.29) is 5.91 Å². The van der Waals surface area contributed by atoms with Crippen LogP contribution in [-0.2, 0) is 14.3 Å². The van der Waals surface area contributed by atoms with E-state index in [1.165, 1.54) is 18.9 Å². The number of amides is 1. The van der Waals surface area contributed by atoms with Gasteiger partial charge in [0.15, 0.2) is 5.25 Å². The van der Waals surface area contributed by atoms with Gasteiger partial charge in [-0.3, -0.25) is 9.59 Å². The SMILES string of the molecule is COC(=O)[C@H]1SCCNC1=O. The Balaban J connectivity index is 2.54. The summed E-state index contributed by atoms with van der Waals surface area (Å²) in [6, 6.07) is 0. The van der Waals surface area contributed by atoms with Crippen LogP contribution in [0.25, 0.3) is 0 Å². The molecule has 5 heteroatoms. The van der Waals surface area contributed by atoms with Crippen LogP contribution in [0.3, 0.4) is 0 Å². The molecule has 1 saturated heterocycles. The van der Waals surface area contributed by atoms with Crippen LogP contribution in [0, 0.1) is 0 Å². The maximum Gasteiger partial charge on any atom is 0.328 e. The number of nitrogens with one attached hydrogen (secondary N) is 1. The van der Waals surface area contributed by atoms with Gasteiger partial charge in [0.25, 0.3) is 0 Å². The quantitative estimate of drug-likeness (QED) is 0.427. The normalized spacial score (nSPS) is 24.1. The van der Waals surface area contributed by atoms with Crippen molar-refractivity contribution in [3.8, 4) is 0 Å². The summed E-state index contributed by atoms with van der Waals surface area (Å²) in [6.07, 6.45) is 0. The molecule has 0 saturated carbocycles. The highest BCUT2D eigenvalue weighted by Gasteiger charge is 2.30. The number of thioether (sulfide) groups is 1. The highest BCUT2D eigenvalue weighted by Crippen LogP contribution is 2.15. The lowest BCUT2D eigenvalue weighted by Gasteiger charge is -2.18. The van der Waals surface area contributed by atoms with E-state index in [2.05, 4.69) is 10.1 Å². The van der Waals surface area contributed by atoms with Crippen LogP contribution in [0.4, 0.5) is 0 Å². The summed E-state index contributed by atoms with van der Waals surface area (Å²) in [6.45, 7) is 0.636. The average molecular weight is 175 g/mol. The molecular formula is C6H9NO3S. The maximum atomic E-state index is 11.0. The van der Waals surface area contributed by atoms with Gasteiger partial charge in [-0.2, -0.15) is 0 Å². The van der Waals surface area contributed by atoms with E-state index in [9.17, 15) is 9.59 Å². The van der Waals surface area contributed by atoms with Crippen LogP contribution in [-0.4, -0.2) is 36.5 Å². The maximum absolute atomic E-state index is 11.0. The molecule has 1 aliphatic rings. The van der Waals surface area contributed by atoms with Gasteiger partial charge < -0.3 is 10.1 Å². The molecule has 0 aromatic rings. The van der Waals surface area contributed by atoms with E-state index in [1.54, 1.807) is 0 Å². The highest BCUT2D eigenvalue weighted by atomic mass is 32.2. The predicted molar refractivity (Wildman–Crippen MR) is 41.3 cm³/mol. The van der Waals surface area contributed by atoms with E-state index in [4.69, 9.17) is 0 Å². The molecule has 4 nitrogen and oxygen atoms in total. The second kappa shape index (κ2) is 3.61. The lowest BCUT2D eigenvalue weighted by atomic mass is 10.4. The molecular weight excluding hydrogens is 166 g/mol. The molecule has 1 N–H and O–H groups in total. The van der Waals surface area contributed by atoms with Crippen LogP contribution in [0.2, 0.25) is 0 Å². The first-order valence-corrected chi connectivity index (χ1v) is 4.27. The number of carbonyl (C=O) groups is 2. The third-order valence-corrected chi connectivity index (χ3v) is 2.52. The topological polar surface area (TPSA) is 55.4 Å². The minimum Gasteiger partial charge on any atom is -0.468 e. The third kappa shape index (κ3) is 1.86. The first-order chi connectivity index (χ1) is 5.25. The summed E-state index contributed by atoms with van der Waals surface area (Å²) in [4.78, 5) is 21.8. The predicted octanol–water partition coefficient (Wildman–Crippen LogP) is -0.609. The number of hydrogen-bond donors (Lipinski definition) is 1. The van der Waals surface area contributed by atoms with Gasteiger partial charge in [-0.25, -0.2) is 0 Å². The molecule has 0 aliphatic carbocycles. The van der Waals surface area contributed by atoms with Crippen molar-refractivity contribution in [2.75, 3.05) is 19.4 Å².